The number of benzene rings is 1. The van der Waals surface area contributed by atoms with Crippen molar-refractivity contribution in [2.45, 2.75) is 46.1 Å². The summed E-state index contributed by atoms with van der Waals surface area (Å²) in [4.78, 5) is 8.05. The molecule has 150 valence electrons. The molecule has 0 fully saturated rings. The van der Waals surface area contributed by atoms with Crippen molar-refractivity contribution in [3.05, 3.63) is 35.5 Å². The first-order valence-corrected chi connectivity index (χ1v) is 11.7. The van der Waals surface area contributed by atoms with Crippen LogP contribution in [0.1, 0.15) is 38.3 Å². The van der Waals surface area contributed by atoms with Crippen molar-refractivity contribution in [3.63, 3.8) is 0 Å². The quantitative estimate of drug-likeness (QED) is 0.452. The largest absolute Gasteiger partial charge is 0.361 e. The van der Waals surface area contributed by atoms with Crippen LogP contribution in [-0.2, 0) is 22.7 Å². The highest BCUT2D eigenvalue weighted by atomic mass is 32.2. The molecule has 6 nitrogen and oxygen atoms in total. The van der Waals surface area contributed by atoms with Gasteiger partial charge in [0.25, 0.3) is 0 Å². The fourth-order valence-corrected chi connectivity index (χ4v) is 3.86. The molecule has 0 spiro atoms. The standard InChI is InChI=1S/C20H32N4O2S/c1-5-16-8-7-9-18-17(14-23-19(16)18)10-12-22-20(21-6-2)24-15(3)11-13-27(4,25)26/h7-9,14-15,23H,5-6,10-13H2,1-4H3,(H2,21,22,24). The molecule has 1 atom stereocenters. The summed E-state index contributed by atoms with van der Waals surface area (Å²) in [6.07, 6.45) is 5.76. The molecule has 0 saturated carbocycles. The van der Waals surface area contributed by atoms with Crippen LogP contribution in [0, 0.1) is 0 Å². The monoisotopic (exact) mass is 392 g/mol. The third-order valence-electron chi connectivity index (χ3n) is 4.57. The number of rotatable bonds is 9. The van der Waals surface area contributed by atoms with Crippen molar-refractivity contribution in [2.75, 3.05) is 25.1 Å². The Morgan fingerprint density at radius 2 is 2.04 bits per heavy atom. The summed E-state index contributed by atoms with van der Waals surface area (Å²) < 4.78 is 22.7. The number of guanidine groups is 1. The van der Waals surface area contributed by atoms with Gasteiger partial charge in [0.15, 0.2) is 5.96 Å². The highest BCUT2D eigenvalue weighted by molar-refractivity contribution is 7.90. The topological polar surface area (TPSA) is 86.3 Å². The first-order valence-electron chi connectivity index (χ1n) is 9.64. The van der Waals surface area contributed by atoms with Crippen LogP contribution in [0.4, 0.5) is 0 Å². The van der Waals surface area contributed by atoms with Gasteiger partial charge in [-0.15, -0.1) is 0 Å². The minimum absolute atomic E-state index is 0.0396. The molecule has 0 bridgehead atoms. The van der Waals surface area contributed by atoms with Crippen LogP contribution in [0.15, 0.2) is 29.4 Å². The predicted molar refractivity (Wildman–Crippen MR) is 114 cm³/mol. The van der Waals surface area contributed by atoms with Gasteiger partial charge in [-0.05, 0) is 44.2 Å². The normalized spacial score (nSPS) is 13.7. The highest BCUT2D eigenvalue weighted by Gasteiger charge is 2.10. The van der Waals surface area contributed by atoms with Crippen LogP contribution in [-0.4, -0.2) is 50.5 Å². The van der Waals surface area contributed by atoms with E-state index in [2.05, 4.69) is 51.9 Å². The summed E-state index contributed by atoms with van der Waals surface area (Å²) in [5.41, 5.74) is 3.82. The third-order valence-corrected chi connectivity index (χ3v) is 5.55. The van der Waals surface area contributed by atoms with Gasteiger partial charge in [-0.2, -0.15) is 0 Å². The molecule has 3 N–H and O–H groups in total. The Labute approximate surface area is 162 Å². The van der Waals surface area contributed by atoms with Gasteiger partial charge in [0.2, 0.25) is 0 Å². The number of hydrogen-bond donors (Lipinski definition) is 3. The summed E-state index contributed by atoms with van der Waals surface area (Å²) >= 11 is 0. The number of fused-ring (bicyclic) bond motifs is 1. The lowest BCUT2D eigenvalue weighted by Gasteiger charge is -2.17. The first-order chi connectivity index (χ1) is 12.8. The lowest BCUT2D eigenvalue weighted by molar-refractivity contribution is 0.581. The van der Waals surface area contributed by atoms with E-state index in [-0.39, 0.29) is 11.8 Å². The van der Waals surface area contributed by atoms with E-state index >= 15 is 0 Å². The average molecular weight is 393 g/mol. The van der Waals surface area contributed by atoms with Crippen LogP contribution < -0.4 is 10.6 Å². The van der Waals surface area contributed by atoms with E-state index in [1.54, 1.807) is 0 Å². The minimum Gasteiger partial charge on any atom is -0.361 e. The molecule has 1 aromatic carbocycles. The second kappa shape index (κ2) is 9.78. The van der Waals surface area contributed by atoms with E-state index in [1.807, 2.05) is 13.8 Å². The maximum absolute atomic E-state index is 11.3. The summed E-state index contributed by atoms with van der Waals surface area (Å²) in [6, 6.07) is 6.46. The molecule has 0 aliphatic heterocycles. The Morgan fingerprint density at radius 1 is 1.26 bits per heavy atom. The second-order valence-electron chi connectivity index (χ2n) is 6.98. The van der Waals surface area contributed by atoms with E-state index in [4.69, 9.17) is 0 Å². The zero-order valence-electron chi connectivity index (χ0n) is 16.8. The molecular formula is C20H32N4O2S. The van der Waals surface area contributed by atoms with Crippen LogP contribution in [0.5, 0.6) is 0 Å². The predicted octanol–water partition coefficient (Wildman–Crippen LogP) is 2.65. The Kier molecular flexibility index (Phi) is 7.71. The molecule has 27 heavy (non-hydrogen) atoms. The Hall–Kier alpha value is -2.02. The highest BCUT2D eigenvalue weighted by Crippen LogP contribution is 2.22. The van der Waals surface area contributed by atoms with Crippen molar-refractivity contribution < 1.29 is 8.42 Å². The molecular weight excluding hydrogens is 360 g/mol. The Morgan fingerprint density at radius 3 is 2.70 bits per heavy atom. The van der Waals surface area contributed by atoms with E-state index in [1.165, 1.54) is 28.3 Å². The fourth-order valence-electron chi connectivity index (χ4n) is 3.08. The molecule has 1 aromatic heterocycles. The molecule has 1 heterocycles. The number of H-pyrrole nitrogens is 1. The van der Waals surface area contributed by atoms with Crippen molar-refractivity contribution >= 4 is 26.7 Å². The Balaban J connectivity index is 1.99. The summed E-state index contributed by atoms with van der Waals surface area (Å²) in [5, 5.41) is 7.79. The van der Waals surface area contributed by atoms with Gasteiger partial charge < -0.3 is 15.6 Å². The number of aromatic nitrogens is 1. The van der Waals surface area contributed by atoms with E-state index < -0.39 is 9.84 Å². The number of aryl methyl sites for hydroxylation is 1. The molecule has 0 saturated heterocycles. The first kappa shape index (κ1) is 21.3. The van der Waals surface area contributed by atoms with Gasteiger partial charge in [0, 0.05) is 42.5 Å². The van der Waals surface area contributed by atoms with Crippen molar-refractivity contribution in [2.24, 2.45) is 4.99 Å². The number of aromatic amines is 1. The smallest absolute Gasteiger partial charge is 0.191 e. The summed E-state index contributed by atoms with van der Waals surface area (Å²) in [5.74, 6) is 0.906. The number of para-hydroxylation sites is 1. The fraction of sp³-hybridized carbons (Fsp3) is 0.550. The van der Waals surface area contributed by atoms with Gasteiger partial charge in [-0.25, -0.2) is 8.42 Å². The SMILES string of the molecule is CCNC(=NCCc1c[nH]c2c(CC)cccc12)NC(C)CCS(C)(=O)=O. The van der Waals surface area contributed by atoms with Crippen LogP contribution in [0.2, 0.25) is 0 Å². The average Bonchev–Trinajstić information content (AvgIpc) is 3.03. The second-order valence-corrected chi connectivity index (χ2v) is 9.24. The summed E-state index contributed by atoms with van der Waals surface area (Å²) in [7, 11) is -2.94. The summed E-state index contributed by atoms with van der Waals surface area (Å²) in [6.45, 7) is 7.59. The van der Waals surface area contributed by atoms with E-state index in [0.717, 1.165) is 25.3 Å². The van der Waals surface area contributed by atoms with Crippen LogP contribution >= 0.6 is 0 Å². The molecule has 2 rings (SSSR count). The Bertz CT molecular complexity index is 871. The molecule has 0 amide bonds. The van der Waals surface area contributed by atoms with Gasteiger partial charge >= 0.3 is 0 Å². The van der Waals surface area contributed by atoms with Crippen molar-refractivity contribution in [1.82, 2.24) is 15.6 Å². The van der Waals surface area contributed by atoms with Crippen LogP contribution in [0.25, 0.3) is 10.9 Å². The lowest BCUT2D eigenvalue weighted by atomic mass is 10.1. The lowest BCUT2D eigenvalue weighted by Crippen LogP contribution is -2.43. The molecule has 1 unspecified atom stereocenters. The van der Waals surface area contributed by atoms with Gasteiger partial charge in [0.05, 0.1) is 5.75 Å². The zero-order chi connectivity index (χ0) is 19.9. The number of nitrogens with one attached hydrogen (secondary N) is 3. The van der Waals surface area contributed by atoms with Gasteiger partial charge in [0.1, 0.15) is 9.84 Å². The number of sulfone groups is 1. The molecule has 0 aliphatic carbocycles. The van der Waals surface area contributed by atoms with Crippen LogP contribution in [0.3, 0.4) is 0 Å². The number of nitrogens with zero attached hydrogens (tertiary/aromatic N) is 1. The zero-order valence-corrected chi connectivity index (χ0v) is 17.6. The maximum Gasteiger partial charge on any atom is 0.191 e. The third kappa shape index (κ3) is 6.57. The van der Waals surface area contributed by atoms with E-state index in [0.29, 0.717) is 13.0 Å². The van der Waals surface area contributed by atoms with E-state index in [9.17, 15) is 8.42 Å². The van der Waals surface area contributed by atoms with Gasteiger partial charge in [-0.1, -0.05) is 25.1 Å². The molecule has 0 radical (unpaired) electrons. The molecule has 0 aliphatic rings. The molecule has 7 heteroatoms. The van der Waals surface area contributed by atoms with Gasteiger partial charge in [-0.3, -0.25) is 4.99 Å². The number of hydrogen-bond acceptors (Lipinski definition) is 3. The minimum atomic E-state index is -2.94. The van der Waals surface area contributed by atoms with Crippen molar-refractivity contribution in [3.8, 4) is 0 Å². The molecule has 2 aromatic rings. The number of aliphatic imine (C=N–C) groups is 1. The van der Waals surface area contributed by atoms with Crippen molar-refractivity contribution in [1.29, 1.82) is 0 Å². The maximum atomic E-state index is 11.3.